The third-order valence-corrected chi connectivity index (χ3v) is 4.06. The van der Waals surface area contributed by atoms with E-state index in [0.717, 1.165) is 0 Å². The predicted octanol–water partition coefficient (Wildman–Crippen LogP) is 1.27. The van der Waals surface area contributed by atoms with Gasteiger partial charge in [-0.1, -0.05) is 0 Å². The molecule has 2 heterocycles. The molecule has 0 radical (unpaired) electrons. The fourth-order valence-electron chi connectivity index (χ4n) is 2.76. The summed E-state index contributed by atoms with van der Waals surface area (Å²) >= 11 is 0. The number of aliphatic hydroxyl groups is 1. The van der Waals surface area contributed by atoms with Gasteiger partial charge in [-0.05, 0) is 17.7 Å². The van der Waals surface area contributed by atoms with Crippen LogP contribution in [-0.2, 0) is 11.3 Å². The van der Waals surface area contributed by atoms with Gasteiger partial charge in [0.1, 0.15) is 12.6 Å². The number of nitro benzene ring substituents is 1. The van der Waals surface area contributed by atoms with Gasteiger partial charge in [0.15, 0.2) is 5.82 Å². The lowest BCUT2D eigenvalue weighted by atomic mass is 10.1. The first-order valence-electron chi connectivity index (χ1n) is 7.84. The van der Waals surface area contributed by atoms with Gasteiger partial charge in [0, 0.05) is 30.9 Å². The third kappa shape index (κ3) is 3.70. The van der Waals surface area contributed by atoms with E-state index in [1.165, 1.54) is 41.6 Å². The first-order chi connectivity index (χ1) is 12.5. The summed E-state index contributed by atoms with van der Waals surface area (Å²) < 4.78 is 5.18. The van der Waals surface area contributed by atoms with Crippen molar-refractivity contribution in [2.24, 2.45) is 0 Å². The Labute approximate surface area is 147 Å². The molecule has 0 saturated carbocycles. The summed E-state index contributed by atoms with van der Waals surface area (Å²) in [5.41, 5.74) is 0.504. The molecule has 0 bridgehead atoms. The second-order valence-corrected chi connectivity index (χ2v) is 5.84. The number of H-pyrrole nitrogens is 1. The summed E-state index contributed by atoms with van der Waals surface area (Å²) in [6, 6.07) is 4.73. The topological polar surface area (TPSA) is 139 Å². The zero-order valence-electron chi connectivity index (χ0n) is 13.6. The van der Waals surface area contributed by atoms with Crippen LogP contribution in [0, 0.1) is 10.1 Å². The minimum Gasteiger partial charge on any atom is -0.445 e. The zero-order valence-corrected chi connectivity index (χ0v) is 13.6. The van der Waals surface area contributed by atoms with E-state index < -0.39 is 28.9 Å². The first kappa shape index (κ1) is 17.5. The van der Waals surface area contributed by atoms with Crippen molar-refractivity contribution in [3.63, 3.8) is 0 Å². The lowest BCUT2D eigenvalue weighted by Gasteiger charge is -2.22. The van der Waals surface area contributed by atoms with E-state index in [2.05, 4.69) is 9.97 Å². The Morgan fingerprint density at radius 1 is 1.38 bits per heavy atom. The number of nitrogens with zero attached hydrogens (tertiary/aromatic N) is 3. The number of likely N-dealkylation sites (tertiary alicyclic amines) is 1. The van der Waals surface area contributed by atoms with Crippen LogP contribution in [0.5, 0.6) is 0 Å². The lowest BCUT2D eigenvalue weighted by Crippen LogP contribution is -2.41. The van der Waals surface area contributed by atoms with Gasteiger partial charge in [0.05, 0.1) is 17.6 Å². The van der Waals surface area contributed by atoms with Crippen LogP contribution < -0.4 is 0 Å². The lowest BCUT2D eigenvalue weighted by molar-refractivity contribution is -0.384. The number of non-ortho nitro benzene ring substituents is 1. The number of carbonyl (C=O) groups is 2. The molecular formula is C16H16N4O6. The number of β-amino-alcohol motifs (C(OH)–C–C–N with tert-alkyl or cyclic N) is 1. The molecule has 2 aromatic rings. The number of aliphatic hydroxyl groups excluding tert-OH is 1. The molecule has 1 aliphatic rings. The second kappa shape index (κ2) is 7.31. The number of carbonyl (C=O) groups excluding carboxylic acids is 2. The highest BCUT2D eigenvalue weighted by molar-refractivity contribution is 5.98. The molecule has 1 saturated heterocycles. The minimum atomic E-state index is -0.861. The number of benzene rings is 1. The fourth-order valence-corrected chi connectivity index (χ4v) is 2.76. The van der Waals surface area contributed by atoms with E-state index in [9.17, 15) is 24.8 Å². The number of ketones is 1. The van der Waals surface area contributed by atoms with Crippen molar-refractivity contribution < 1.29 is 24.4 Å². The maximum atomic E-state index is 12.4. The maximum Gasteiger partial charge on any atom is 0.410 e. The van der Waals surface area contributed by atoms with E-state index >= 15 is 0 Å². The van der Waals surface area contributed by atoms with Gasteiger partial charge in [0.2, 0.25) is 5.78 Å². The number of hydrogen-bond donors (Lipinski definition) is 2. The third-order valence-electron chi connectivity index (χ3n) is 4.06. The average molecular weight is 360 g/mol. The van der Waals surface area contributed by atoms with Crippen molar-refractivity contribution in [3.05, 3.63) is 58.2 Å². The highest BCUT2D eigenvalue weighted by Gasteiger charge is 2.40. The molecule has 10 heteroatoms. The molecule has 3 rings (SSSR count). The Balaban J connectivity index is 1.64. The van der Waals surface area contributed by atoms with Crippen molar-refractivity contribution in [2.45, 2.75) is 25.2 Å². The van der Waals surface area contributed by atoms with Gasteiger partial charge < -0.3 is 14.8 Å². The van der Waals surface area contributed by atoms with Gasteiger partial charge >= 0.3 is 6.09 Å². The van der Waals surface area contributed by atoms with Crippen molar-refractivity contribution >= 4 is 17.6 Å². The number of imidazole rings is 1. The molecule has 1 fully saturated rings. The Morgan fingerprint density at radius 2 is 2.12 bits per heavy atom. The van der Waals surface area contributed by atoms with Gasteiger partial charge in [-0.15, -0.1) is 0 Å². The number of rotatable bonds is 5. The Morgan fingerprint density at radius 3 is 2.73 bits per heavy atom. The molecule has 1 aliphatic heterocycles. The predicted molar refractivity (Wildman–Crippen MR) is 87.3 cm³/mol. The van der Waals surface area contributed by atoms with Crippen LogP contribution in [0.2, 0.25) is 0 Å². The quantitative estimate of drug-likeness (QED) is 0.465. The van der Waals surface area contributed by atoms with Crippen molar-refractivity contribution in [1.82, 2.24) is 14.9 Å². The smallest absolute Gasteiger partial charge is 0.410 e. The number of aromatic nitrogens is 2. The van der Waals surface area contributed by atoms with E-state index in [1.807, 2.05) is 0 Å². The fraction of sp³-hybridized carbons (Fsp3) is 0.312. The van der Waals surface area contributed by atoms with Crippen LogP contribution in [-0.4, -0.2) is 55.5 Å². The number of amides is 1. The average Bonchev–Trinajstić information content (AvgIpc) is 3.29. The van der Waals surface area contributed by atoms with Crippen LogP contribution in [0.15, 0.2) is 36.7 Å². The SMILES string of the molecule is O=C(c1ncc[nH]1)[C@@H]1C[C@@H](O)CN1C(=O)OCc1ccc([N+](=O)[O-])cc1. The van der Waals surface area contributed by atoms with Gasteiger partial charge in [0.25, 0.3) is 5.69 Å². The van der Waals surface area contributed by atoms with Crippen molar-refractivity contribution in [2.75, 3.05) is 6.54 Å². The van der Waals surface area contributed by atoms with Crippen LogP contribution in [0.25, 0.3) is 0 Å². The van der Waals surface area contributed by atoms with E-state index in [0.29, 0.717) is 5.56 Å². The molecular weight excluding hydrogens is 344 g/mol. The zero-order chi connectivity index (χ0) is 18.7. The summed E-state index contributed by atoms with van der Waals surface area (Å²) in [5, 5.41) is 20.5. The normalized spacial score (nSPS) is 19.3. The van der Waals surface area contributed by atoms with Crippen LogP contribution in [0.1, 0.15) is 22.6 Å². The largest absolute Gasteiger partial charge is 0.445 e. The Bertz CT molecular complexity index is 805. The van der Waals surface area contributed by atoms with Crippen LogP contribution in [0.3, 0.4) is 0 Å². The van der Waals surface area contributed by atoms with E-state index in [1.54, 1.807) is 0 Å². The molecule has 0 aliphatic carbocycles. The summed E-state index contributed by atoms with van der Waals surface area (Å²) in [7, 11) is 0. The van der Waals surface area contributed by atoms with E-state index in [-0.39, 0.29) is 31.1 Å². The number of nitrogens with one attached hydrogen (secondary N) is 1. The van der Waals surface area contributed by atoms with Gasteiger partial charge in [-0.2, -0.15) is 0 Å². The molecule has 136 valence electrons. The van der Waals surface area contributed by atoms with Crippen LogP contribution >= 0.6 is 0 Å². The molecule has 1 amide bonds. The Hall–Kier alpha value is -3.27. The molecule has 10 nitrogen and oxygen atoms in total. The highest BCUT2D eigenvalue weighted by atomic mass is 16.6. The van der Waals surface area contributed by atoms with Crippen molar-refractivity contribution in [1.29, 1.82) is 0 Å². The number of aromatic amines is 1. The summed E-state index contributed by atoms with van der Waals surface area (Å²) in [6.07, 6.45) is 1.45. The molecule has 0 unspecified atom stereocenters. The highest BCUT2D eigenvalue weighted by Crippen LogP contribution is 2.22. The number of nitro groups is 1. The van der Waals surface area contributed by atoms with Crippen molar-refractivity contribution in [3.8, 4) is 0 Å². The molecule has 1 aromatic carbocycles. The standard InChI is InChI=1S/C16H16N4O6/c21-12-7-13(14(22)15-17-5-6-18-15)19(8-12)16(23)26-9-10-1-3-11(4-2-10)20(24)25/h1-6,12-13,21H,7-9H2,(H,17,18)/t12-,13+/m1/s1. The summed E-state index contributed by atoms with van der Waals surface area (Å²) in [4.78, 5) is 42.6. The molecule has 2 atom stereocenters. The monoisotopic (exact) mass is 360 g/mol. The maximum absolute atomic E-state index is 12.4. The van der Waals surface area contributed by atoms with Gasteiger partial charge in [-0.25, -0.2) is 9.78 Å². The summed E-state index contributed by atoms with van der Waals surface area (Å²) in [5.74, 6) is -0.295. The second-order valence-electron chi connectivity index (χ2n) is 5.84. The minimum absolute atomic E-state index is 0.0176. The molecule has 0 spiro atoms. The van der Waals surface area contributed by atoms with E-state index in [4.69, 9.17) is 4.74 Å². The number of Topliss-reactive ketones (excluding diaryl/α,β-unsaturated/α-hetero) is 1. The number of hydrogen-bond acceptors (Lipinski definition) is 7. The van der Waals surface area contributed by atoms with Crippen LogP contribution in [0.4, 0.5) is 10.5 Å². The molecule has 1 aromatic heterocycles. The molecule has 26 heavy (non-hydrogen) atoms. The Kier molecular flexibility index (Phi) is 4.94. The molecule has 2 N–H and O–H groups in total. The van der Waals surface area contributed by atoms with Gasteiger partial charge in [-0.3, -0.25) is 19.8 Å². The first-order valence-corrected chi connectivity index (χ1v) is 7.84. The number of ether oxygens (including phenoxy) is 1. The summed E-state index contributed by atoms with van der Waals surface area (Å²) in [6.45, 7) is -0.124.